The maximum Gasteiger partial charge on any atom is 0.235 e. The predicted molar refractivity (Wildman–Crippen MR) is 95.8 cm³/mol. The molecule has 2 aromatic rings. The summed E-state index contributed by atoms with van der Waals surface area (Å²) < 4.78 is 1.85. The molecule has 24 heavy (non-hydrogen) atoms. The average molecular weight is 344 g/mol. The number of thioether (sulfide) groups is 1. The van der Waals surface area contributed by atoms with Crippen LogP contribution in [-0.4, -0.2) is 43.9 Å². The Balaban J connectivity index is 1.49. The van der Waals surface area contributed by atoms with Crippen molar-refractivity contribution in [3.05, 3.63) is 42.2 Å². The summed E-state index contributed by atoms with van der Waals surface area (Å²) in [5.41, 5.74) is 1.40. The number of hydrogen-bond acceptors (Lipinski definition) is 4. The van der Waals surface area contributed by atoms with Crippen molar-refractivity contribution >= 4 is 17.7 Å². The zero-order valence-corrected chi connectivity index (χ0v) is 15.1. The second-order valence-electron chi connectivity index (χ2n) is 6.44. The van der Waals surface area contributed by atoms with Crippen LogP contribution in [-0.2, 0) is 18.3 Å². The van der Waals surface area contributed by atoms with Crippen molar-refractivity contribution in [1.82, 2.24) is 19.7 Å². The van der Waals surface area contributed by atoms with Crippen LogP contribution in [0.4, 0.5) is 0 Å². The monoisotopic (exact) mass is 344 g/mol. The van der Waals surface area contributed by atoms with Gasteiger partial charge >= 0.3 is 0 Å². The van der Waals surface area contributed by atoms with Gasteiger partial charge in [-0.15, -0.1) is 10.2 Å². The number of rotatable bonds is 5. The van der Waals surface area contributed by atoms with Crippen molar-refractivity contribution in [1.29, 1.82) is 0 Å². The molecule has 1 aromatic heterocycles. The fourth-order valence-electron chi connectivity index (χ4n) is 3.15. The Morgan fingerprint density at radius 2 is 2.00 bits per heavy atom. The molecule has 128 valence electrons. The standard InChI is InChI=1S/C18H24N4OS/c1-14(24-18-20-19-13-21(18)2)17(23)22-10-8-16(9-11-22)12-15-6-4-3-5-7-15/h3-7,13-14,16H,8-12H2,1-2H3/t14-/m1/s1. The van der Waals surface area contributed by atoms with E-state index in [1.54, 1.807) is 6.33 Å². The Morgan fingerprint density at radius 1 is 1.29 bits per heavy atom. The summed E-state index contributed by atoms with van der Waals surface area (Å²) in [5, 5.41) is 8.57. The normalized spacial score (nSPS) is 17.0. The van der Waals surface area contributed by atoms with Gasteiger partial charge in [-0.25, -0.2) is 0 Å². The number of benzene rings is 1. The Morgan fingerprint density at radius 3 is 2.62 bits per heavy atom. The molecule has 1 atom stereocenters. The molecular weight excluding hydrogens is 320 g/mol. The van der Waals surface area contributed by atoms with Crippen LogP contribution in [0.3, 0.4) is 0 Å². The summed E-state index contributed by atoms with van der Waals surface area (Å²) in [4.78, 5) is 14.7. The lowest BCUT2D eigenvalue weighted by molar-refractivity contribution is -0.131. The van der Waals surface area contributed by atoms with Crippen LogP contribution < -0.4 is 0 Å². The molecule has 0 aliphatic carbocycles. The van der Waals surface area contributed by atoms with Crippen LogP contribution in [0.5, 0.6) is 0 Å². The van der Waals surface area contributed by atoms with E-state index in [9.17, 15) is 4.79 Å². The molecule has 1 aliphatic rings. The number of aromatic nitrogens is 3. The number of piperidine rings is 1. The molecule has 3 rings (SSSR count). The molecule has 0 bridgehead atoms. The third-order valence-corrected chi connectivity index (χ3v) is 5.73. The minimum Gasteiger partial charge on any atom is -0.342 e. The first-order chi connectivity index (χ1) is 11.6. The van der Waals surface area contributed by atoms with Crippen LogP contribution >= 0.6 is 11.8 Å². The number of carbonyl (C=O) groups is 1. The molecule has 1 aliphatic heterocycles. The smallest absolute Gasteiger partial charge is 0.235 e. The van der Waals surface area contributed by atoms with E-state index in [4.69, 9.17) is 0 Å². The zero-order valence-electron chi connectivity index (χ0n) is 14.3. The lowest BCUT2D eigenvalue weighted by Crippen LogP contribution is -2.42. The molecule has 1 aromatic carbocycles. The summed E-state index contributed by atoms with van der Waals surface area (Å²) in [6, 6.07) is 10.6. The quantitative estimate of drug-likeness (QED) is 0.783. The maximum absolute atomic E-state index is 12.6. The van der Waals surface area contributed by atoms with Gasteiger partial charge in [0.1, 0.15) is 6.33 Å². The topological polar surface area (TPSA) is 51.0 Å². The minimum absolute atomic E-state index is 0.126. The van der Waals surface area contributed by atoms with Crippen molar-refractivity contribution in [3.63, 3.8) is 0 Å². The summed E-state index contributed by atoms with van der Waals surface area (Å²) in [6.45, 7) is 3.68. The summed E-state index contributed by atoms with van der Waals surface area (Å²) in [6.07, 6.45) is 4.95. The summed E-state index contributed by atoms with van der Waals surface area (Å²) in [7, 11) is 1.90. The maximum atomic E-state index is 12.6. The highest BCUT2D eigenvalue weighted by atomic mass is 32.2. The van der Waals surface area contributed by atoms with Crippen molar-refractivity contribution in [2.45, 2.75) is 36.6 Å². The highest BCUT2D eigenvalue weighted by Crippen LogP contribution is 2.26. The van der Waals surface area contributed by atoms with Gasteiger partial charge in [-0.1, -0.05) is 42.1 Å². The van der Waals surface area contributed by atoms with E-state index in [-0.39, 0.29) is 11.2 Å². The predicted octanol–water partition coefficient (Wildman–Crippen LogP) is 2.78. The van der Waals surface area contributed by atoms with E-state index in [0.717, 1.165) is 37.5 Å². The molecule has 0 spiro atoms. The first-order valence-electron chi connectivity index (χ1n) is 8.47. The van der Waals surface area contributed by atoms with E-state index in [0.29, 0.717) is 5.92 Å². The Hall–Kier alpha value is -1.82. The van der Waals surface area contributed by atoms with Gasteiger partial charge in [0.05, 0.1) is 5.25 Å². The SMILES string of the molecule is C[C@@H](Sc1nncn1C)C(=O)N1CCC(Cc2ccccc2)CC1. The number of amides is 1. The first kappa shape index (κ1) is 17.0. The molecule has 1 fully saturated rings. The highest BCUT2D eigenvalue weighted by molar-refractivity contribution is 8.00. The van der Waals surface area contributed by atoms with Crippen LogP contribution in [0.25, 0.3) is 0 Å². The van der Waals surface area contributed by atoms with E-state index >= 15 is 0 Å². The van der Waals surface area contributed by atoms with E-state index in [2.05, 4.69) is 40.5 Å². The lowest BCUT2D eigenvalue weighted by atomic mass is 9.90. The van der Waals surface area contributed by atoms with Gasteiger partial charge in [0.2, 0.25) is 5.91 Å². The van der Waals surface area contributed by atoms with Gasteiger partial charge in [0, 0.05) is 20.1 Å². The van der Waals surface area contributed by atoms with E-state index < -0.39 is 0 Å². The van der Waals surface area contributed by atoms with Gasteiger partial charge in [0.15, 0.2) is 5.16 Å². The van der Waals surface area contributed by atoms with Crippen molar-refractivity contribution < 1.29 is 4.79 Å². The molecule has 0 saturated carbocycles. The van der Waals surface area contributed by atoms with Crippen LogP contribution in [0.2, 0.25) is 0 Å². The second kappa shape index (κ2) is 7.83. The Bertz CT molecular complexity index is 665. The van der Waals surface area contributed by atoms with E-state index in [1.165, 1.54) is 17.3 Å². The molecule has 1 saturated heterocycles. The molecule has 0 radical (unpaired) electrons. The highest BCUT2D eigenvalue weighted by Gasteiger charge is 2.27. The van der Waals surface area contributed by atoms with Gasteiger partial charge in [-0.2, -0.15) is 0 Å². The number of likely N-dealkylation sites (tertiary alicyclic amines) is 1. The van der Waals surface area contributed by atoms with Gasteiger partial charge in [0.25, 0.3) is 0 Å². The number of carbonyl (C=O) groups excluding carboxylic acids is 1. The first-order valence-corrected chi connectivity index (χ1v) is 9.35. The zero-order chi connectivity index (χ0) is 16.9. The van der Waals surface area contributed by atoms with Gasteiger partial charge in [-0.3, -0.25) is 4.79 Å². The van der Waals surface area contributed by atoms with Gasteiger partial charge < -0.3 is 9.47 Å². The minimum atomic E-state index is -0.126. The molecule has 2 heterocycles. The Labute approximate surface area is 147 Å². The van der Waals surface area contributed by atoms with Crippen molar-refractivity contribution in [3.8, 4) is 0 Å². The molecular formula is C18H24N4OS. The number of aryl methyl sites for hydroxylation is 1. The fourth-order valence-corrected chi connectivity index (χ4v) is 4.02. The van der Waals surface area contributed by atoms with Crippen molar-refractivity contribution in [2.24, 2.45) is 13.0 Å². The third-order valence-electron chi connectivity index (χ3n) is 4.59. The second-order valence-corrected chi connectivity index (χ2v) is 7.75. The number of nitrogens with zero attached hydrogens (tertiary/aromatic N) is 4. The average Bonchev–Trinajstić information content (AvgIpc) is 3.00. The summed E-state index contributed by atoms with van der Waals surface area (Å²) >= 11 is 1.48. The molecule has 0 unspecified atom stereocenters. The van der Waals surface area contributed by atoms with E-state index in [1.807, 2.05) is 23.4 Å². The Kier molecular flexibility index (Phi) is 5.56. The third kappa shape index (κ3) is 4.17. The van der Waals surface area contributed by atoms with Crippen LogP contribution in [0.1, 0.15) is 25.3 Å². The molecule has 5 nitrogen and oxygen atoms in total. The number of hydrogen-bond donors (Lipinski definition) is 0. The van der Waals surface area contributed by atoms with Crippen molar-refractivity contribution in [2.75, 3.05) is 13.1 Å². The molecule has 0 N–H and O–H groups in total. The molecule has 6 heteroatoms. The van der Waals surface area contributed by atoms with Crippen LogP contribution in [0, 0.1) is 5.92 Å². The summed E-state index contributed by atoms with van der Waals surface area (Å²) in [5.74, 6) is 0.888. The van der Waals surface area contributed by atoms with Crippen LogP contribution in [0.15, 0.2) is 41.8 Å². The van der Waals surface area contributed by atoms with Gasteiger partial charge in [-0.05, 0) is 37.7 Å². The molecule has 1 amide bonds. The lowest BCUT2D eigenvalue weighted by Gasteiger charge is -2.33. The largest absolute Gasteiger partial charge is 0.342 e. The fraction of sp³-hybridized carbons (Fsp3) is 0.500.